The van der Waals surface area contributed by atoms with Gasteiger partial charge in [-0.25, -0.2) is 18.2 Å². The Balaban J connectivity index is 1.87. The average Bonchev–Trinajstić information content (AvgIpc) is 2.62. The summed E-state index contributed by atoms with van der Waals surface area (Å²) in [6, 6.07) is 2.62. The summed E-state index contributed by atoms with van der Waals surface area (Å²) in [6.45, 7) is 2.35. The molecule has 0 unspecified atom stereocenters. The van der Waals surface area contributed by atoms with Gasteiger partial charge in [0, 0.05) is 51.6 Å². The second-order valence-electron chi connectivity index (χ2n) is 5.77. The van der Waals surface area contributed by atoms with E-state index in [1.54, 1.807) is 6.07 Å². The number of aromatic nitrogens is 1. The molecule has 2 heterocycles. The van der Waals surface area contributed by atoms with Crippen molar-refractivity contribution in [1.29, 1.82) is 0 Å². The smallest absolute Gasteiger partial charge is 0.321 e. The van der Waals surface area contributed by atoms with Gasteiger partial charge in [0.05, 0.1) is 5.03 Å². The molecule has 3 amide bonds. The molecule has 0 radical (unpaired) electrons. The molecule has 0 aromatic carbocycles. The number of piperazine rings is 1. The van der Waals surface area contributed by atoms with Crippen LogP contribution in [-0.4, -0.2) is 80.6 Å². The summed E-state index contributed by atoms with van der Waals surface area (Å²) in [5, 5.41) is 5.09. The van der Waals surface area contributed by atoms with Gasteiger partial charge in [-0.2, -0.15) is 4.31 Å². The van der Waals surface area contributed by atoms with E-state index in [2.05, 4.69) is 20.5 Å². The number of carbonyl (C=O) groups excluding carboxylic acids is 2. The zero-order valence-electron chi connectivity index (χ0n) is 14.8. The predicted octanol–water partition coefficient (Wildman–Crippen LogP) is -0.0445. The zero-order chi connectivity index (χ0) is 19.2. The lowest BCUT2D eigenvalue weighted by atomic mass is 10.4. The first-order chi connectivity index (χ1) is 12.3. The van der Waals surface area contributed by atoms with E-state index in [1.807, 2.05) is 7.05 Å². The number of hydrogen-bond donors (Lipinski definition) is 2. The first-order valence-electron chi connectivity index (χ1n) is 8.12. The molecule has 26 heavy (non-hydrogen) atoms. The van der Waals surface area contributed by atoms with Crippen molar-refractivity contribution in [2.75, 3.05) is 46.0 Å². The molecule has 1 fully saturated rings. The maximum absolute atomic E-state index is 12.6. The normalized spacial score (nSPS) is 16.2. The van der Waals surface area contributed by atoms with Gasteiger partial charge in [-0.15, -0.1) is 11.8 Å². The number of imide groups is 1. The summed E-state index contributed by atoms with van der Waals surface area (Å²) < 4.78 is 26.7. The fourth-order valence-electron chi connectivity index (χ4n) is 2.28. The Hall–Kier alpha value is -1.69. The van der Waals surface area contributed by atoms with E-state index in [-0.39, 0.29) is 17.2 Å². The fourth-order valence-corrected chi connectivity index (χ4v) is 4.44. The number of likely N-dealkylation sites (N-methyl/N-ethyl adjacent to an activating group) is 1. The SMILES string of the molecule is CNC(=O)NC(=O)CCSc1ccc(S(=O)(=O)N2CCN(C)CC2)cn1. The molecule has 0 saturated carbocycles. The second-order valence-corrected chi connectivity index (χ2v) is 8.82. The minimum absolute atomic E-state index is 0.154. The molecule has 1 aromatic rings. The highest BCUT2D eigenvalue weighted by molar-refractivity contribution is 7.99. The molecule has 1 aromatic heterocycles. The summed E-state index contributed by atoms with van der Waals surface area (Å²) in [7, 11) is -0.132. The molecular weight excluding hydrogens is 378 g/mol. The molecule has 1 saturated heterocycles. The van der Waals surface area contributed by atoms with E-state index >= 15 is 0 Å². The van der Waals surface area contributed by atoms with Crippen molar-refractivity contribution in [2.45, 2.75) is 16.3 Å². The molecule has 1 aliphatic heterocycles. The van der Waals surface area contributed by atoms with E-state index < -0.39 is 16.1 Å². The molecule has 0 atom stereocenters. The first kappa shape index (κ1) is 20.6. The number of nitrogens with zero attached hydrogens (tertiary/aromatic N) is 3. The average molecular weight is 402 g/mol. The van der Waals surface area contributed by atoms with Crippen molar-refractivity contribution in [2.24, 2.45) is 0 Å². The first-order valence-corrected chi connectivity index (χ1v) is 10.5. The van der Waals surface area contributed by atoms with E-state index in [9.17, 15) is 18.0 Å². The summed E-state index contributed by atoms with van der Waals surface area (Å²) in [5.74, 6) is 0.0477. The summed E-state index contributed by atoms with van der Waals surface area (Å²) in [6.07, 6.45) is 1.50. The van der Waals surface area contributed by atoms with Crippen LogP contribution in [-0.2, 0) is 14.8 Å². The van der Waals surface area contributed by atoms with Gasteiger partial charge in [0.2, 0.25) is 15.9 Å². The van der Waals surface area contributed by atoms with Gasteiger partial charge in [0.1, 0.15) is 4.90 Å². The fraction of sp³-hybridized carbons (Fsp3) is 0.533. The molecule has 1 aliphatic rings. The second kappa shape index (κ2) is 9.31. The Morgan fingerprint density at radius 3 is 2.50 bits per heavy atom. The van der Waals surface area contributed by atoms with Gasteiger partial charge in [-0.05, 0) is 19.2 Å². The van der Waals surface area contributed by atoms with Gasteiger partial charge in [-0.3, -0.25) is 10.1 Å². The number of urea groups is 1. The highest BCUT2D eigenvalue weighted by Gasteiger charge is 2.27. The number of nitrogens with one attached hydrogen (secondary N) is 2. The van der Waals surface area contributed by atoms with E-state index in [4.69, 9.17) is 0 Å². The van der Waals surface area contributed by atoms with Crippen molar-refractivity contribution in [3.8, 4) is 0 Å². The maximum Gasteiger partial charge on any atom is 0.321 e. The molecule has 2 N–H and O–H groups in total. The third-order valence-corrected chi connectivity index (χ3v) is 6.70. The highest BCUT2D eigenvalue weighted by atomic mass is 32.2. The van der Waals surface area contributed by atoms with Crippen LogP contribution in [0.4, 0.5) is 4.79 Å². The molecule has 0 spiro atoms. The Bertz CT molecular complexity index is 731. The van der Waals surface area contributed by atoms with Crippen molar-refractivity contribution < 1.29 is 18.0 Å². The van der Waals surface area contributed by atoms with Gasteiger partial charge in [0.25, 0.3) is 0 Å². The molecule has 144 valence electrons. The highest BCUT2D eigenvalue weighted by Crippen LogP contribution is 2.21. The van der Waals surface area contributed by atoms with Crippen LogP contribution in [0.3, 0.4) is 0 Å². The quantitative estimate of drug-likeness (QED) is 0.643. The Labute approximate surface area is 157 Å². The lowest BCUT2D eigenvalue weighted by Gasteiger charge is -2.31. The van der Waals surface area contributed by atoms with Crippen molar-refractivity contribution >= 4 is 33.7 Å². The van der Waals surface area contributed by atoms with Crippen molar-refractivity contribution in [3.63, 3.8) is 0 Å². The third-order valence-electron chi connectivity index (χ3n) is 3.87. The molecule has 9 nitrogen and oxygen atoms in total. The van der Waals surface area contributed by atoms with Crippen LogP contribution < -0.4 is 10.6 Å². The van der Waals surface area contributed by atoms with Gasteiger partial charge in [0.15, 0.2) is 0 Å². The number of amides is 3. The minimum atomic E-state index is -3.53. The monoisotopic (exact) mass is 401 g/mol. The van der Waals surface area contributed by atoms with Crippen molar-refractivity contribution in [1.82, 2.24) is 24.8 Å². The summed E-state index contributed by atoms with van der Waals surface area (Å²) in [4.78, 5) is 28.9. The minimum Gasteiger partial charge on any atom is -0.341 e. The van der Waals surface area contributed by atoms with Gasteiger partial charge in [-0.1, -0.05) is 0 Å². The number of rotatable bonds is 6. The topological polar surface area (TPSA) is 112 Å². The van der Waals surface area contributed by atoms with Crippen LogP contribution in [0.1, 0.15) is 6.42 Å². The number of hydrogen-bond acceptors (Lipinski definition) is 7. The van der Waals surface area contributed by atoms with Crippen LogP contribution in [0, 0.1) is 0 Å². The van der Waals surface area contributed by atoms with Gasteiger partial charge < -0.3 is 10.2 Å². The van der Waals surface area contributed by atoms with Crippen LogP contribution in [0.25, 0.3) is 0 Å². The molecule has 2 rings (SSSR count). The third kappa shape index (κ3) is 5.66. The lowest BCUT2D eigenvalue weighted by Crippen LogP contribution is -2.47. The van der Waals surface area contributed by atoms with Gasteiger partial charge >= 0.3 is 6.03 Å². The molecular formula is C15H23N5O4S2. The summed E-state index contributed by atoms with van der Waals surface area (Å²) >= 11 is 1.32. The Morgan fingerprint density at radius 2 is 1.92 bits per heavy atom. The molecule has 0 aliphatic carbocycles. The van der Waals surface area contributed by atoms with Crippen LogP contribution in [0.5, 0.6) is 0 Å². The molecule has 0 bridgehead atoms. The zero-order valence-corrected chi connectivity index (χ0v) is 16.4. The number of pyridine rings is 1. The number of sulfonamides is 1. The van der Waals surface area contributed by atoms with Crippen LogP contribution in [0.15, 0.2) is 28.3 Å². The standard InChI is InChI=1S/C15H23N5O4S2/c1-16-15(22)18-13(21)5-10-25-14-4-3-12(11-17-14)26(23,24)20-8-6-19(2)7-9-20/h3-4,11H,5-10H2,1-2H3,(H2,16,18,21,22). The van der Waals surface area contributed by atoms with E-state index in [1.165, 1.54) is 35.4 Å². The summed E-state index contributed by atoms with van der Waals surface area (Å²) in [5.41, 5.74) is 0. The van der Waals surface area contributed by atoms with E-state index in [0.717, 1.165) is 0 Å². The number of thioether (sulfide) groups is 1. The lowest BCUT2D eigenvalue weighted by molar-refractivity contribution is -0.119. The van der Waals surface area contributed by atoms with Crippen LogP contribution in [0.2, 0.25) is 0 Å². The van der Waals surface area contributed by atoms with Crippen LogP contribution >= 0.6 is 11.8 Å². The Kier molecular flexibility index (Phi) is 7.38. The molecule has 11 heteroatoms. The van der Waals surface area contributed by atoms with E-state index in [0.29, 0.717) is 37.0 Å². The maximum atomic E-state index is 12.6. The number of carbonyl (C=O) groups is 2. The largest absolute Gasteiger partial charge is 0.341 e. The predicted molar refractivity (Wildman–Crippen MR) is 98.4 cm³/mol. The van der Waals surface area contributed by atoms with Crippen molar-refractivity contribution in [3.05, 3.63) is 18.3 Å². The Morgan fingerprint density at radius 1 is 1.23 bits per heavy atom.